The normalized spacial score (nSPS) is 33.6. The minimum absolute atomic E-state index is 0.131. The summed E-state index contributed by atoms with van der Waals surface area (Å²) in [6.45, 7) is 7.37. The molecule has 2 N–H and O–H groups in total. The molecule has 1 saturated heterocycles. The molecule has 1 saturated carbocycles. The van der Waals surface area contributed by atoms with Gasteiger partial charge in [-0.1, -0.05) is 46.0 Å². The molecule has 1 aliphatic carbocycles. The maximum atomic E-state index is 12.7. The van der Waals surface area contributed by atoms with Gasteiger partial charge in [0.05, 0.1) is 5.41 Å². The summed E-state index contributed by atoms with van der Waals surface area (Å²) in [5, 5.41) is 6.68. The number of carbonyl (C=O) groups is 1. The summed E-state index contributed by atoms with van der Waals surface area (Å²) < 4.78 is 0. The Bertz CT molecular complexity index is 310. The first-order valence-electron chi connectivity index (χ1n) is 9.15. The van der Waals surface area contributed by atoms with Crippen LogP contribution in [-0.2, 0) is 4.79 Å². The molecule has 0 bridgehead atoms. The summed E-state index contributed by atoms with van der Waals surface area (Å²) in [4.78, 5) is 12.7. The summed E-state index contributed by atoms with van der Waals surface area (Å²) in [7, 11) is 0. The molecule has 0 spiro atoms. The second-order valence-electron chi connectivity index (χ2n) is 7.48. The summed E-state index contributed by atoms with van der Waals surface area (Å²) in [6, 6.07) is 0. The van der Waals surface area contributed by atoms with Crippen LogP contribution in [0.2, 0.25) is 0 Å². The Morgan fingerprint density at radius 2 is 2.05 bits per heavy atom. The van der Waals surface area contributed by atoms with E-state index in [0.717, 1.165) is 57.2 Å². The van der Waals surface area contributed by atoms with E-state index in [1.807, 2.05) is 0 Å². The number of rotatable bonds is 6. The van der Waals surface area contributed by atoms with Crippen LogP contribution in [0.3, 0.4) is 0 Å². The predicted octanol–water partition coefficient (Wildman–Crippen LogP) is 3.49. The molecule has 2 rings (SSSR count). The number of piperidine rings is 1. The molecule has 2 aliphatic rings. The van der Waals surface area contributed by atoms with Crippen molar-refractivity contribution < 1.29 is 4.79 Å². The SMILES string of the molecule is CCCC1(C(=O)NCCC2CCC(C)CC2)CCCNC1. The van der Waals surface area contributed by atoms with Gasteiger partial charge in [-0.2, -0.15) is 0 Å². The molecule has 1 aliphatic heterocycles. The predicted molar refractivity (Wildman–Crippen MR) is 88.2 cm³/mol. The maximum absolute atomic E-state index is 12.7. The molecule has 1 atom stereocenters. The second kappa shape index (κ2) is 8.17. The Balaban J connectivity index is 1.74. The van der Waals surface area contributed by atoms with E-state index in [9.17, 15) is 4.79 Å². The highest BCUT2D eigenvalue weighted by Gasteiger charge is 2.38. The molecule has 3 heteroatoms. The number of hydrogen-bond donors (Lipinski definition) is 2. The van der Waals surface area contributed by atoms with Crippen LogP contribution in [0.4, 0.5) is 0 Å². The number of hydrogen-bond acceptors (Lipinski definition) is 2. The molecule has 122 valence electrons. The Morgan fingerprint density at radius 3 is 2.67 bits per heavy atom. The van der Waals surface area contributed by atoms with Crippen molar-refractivity contribution >= 4 is 5.91 Å². The first kappa shape index (κ1) is 16.8. The number of carbonyl (C=O) groups excluding carboxylic acids is 1. The van der Waals surface area contributed by atoms with Crippen molar-refractivity contribution in [1.82, 2.24) is 10.6 Å². The molecule has 1 heterocycles. The highest BCUT2D eigenvalue weighted by Crippen LogP contribution is 2.32. The van der Waals surface area contributed by atoms with Gasteiger partial charge in [0.25, 0.3) is 0 Å². The summed E-state index contributed by atoms with van der Waals surface area (Å²) in [6.07, 6.45) is 11.0. The van der Waals surface area contributed by atoms with Gasteiger partial charge in [-0.25, -0.2) is 0 Å². The standard InChI is InChI=1S/C18H34N2O/c1-3-10-18(11-4-12-19-14-18)17(21)20-13-9-16-7-5-15(2)6-8-16/h15-16,19H,3-14H2,1-2H3,(H,20,21). The third-order valence-electron chi connectivity index (χ3n) is 5.66. The van der Waals surface area contributed by atoms with Crippen molar-refractivity contribution in [2.45, 2.75) is 71.6 Å². The number of nitrogens with one attached hydrogen (secondary N) is 2. The molecule has 3 nitrogen and oxygen atoms in total. The first-order chi connectivity index (χ1) is 10.2. The van der Waals surface area contributed by atoms with Crippen LogP contribution < -0.4 is 10.6 Å². The Labute approximate surface area is 130 Å². The zero-order valence-corrected chi connectivity index (χ0v) is 14.0. The van der Waals surface area contributed by atoms with Crippen molar-refractivity contribution in [3.8, 4) is 0 Å². The highest BCUT2D eigenvalue weighted by atomic mass is 16.2. The van der Waals surface area contributed by atoms with Gasteiger partial charge in [0.15, 0.2) is 0 Å². The minimum atomic E-state index is -0.131. The molecule has 0 radical (unpaired) electrons. The third kappa shape index (κ3) is 4.70. The summed E-state index contributed by atoms with van der Waals surface area (Å²) in [5.41, 5.74) is -0.131. The lowest BCUT2D eigenvalue weighted by molar-refractivity contribution is -0.132. The van der Waals surface area contributed by atoms with Crippen molar-refractivity contribution in [3.05, 3.63) is 0 Å². The third-order valence-corrected chi connectivity index (χ3v) is 5.66. The first-order valence-corrected chi connectivity index (χ1v) is 9.15. The second-order valence-corrected chi connectivity index (χ2v) is 7.48. The van der Waals surface area contributed by atoms with E-state index in [-0.39, 0.29) is 5.41 Å². The largest absolute Gasteiger partial charge is 0.356 e. The number of amides is 1. The van der Waals surface area contributed by atoms with Gasteiger partial charge in [-0.05, 0) is 44.1 Å². The van der Waals surface area contributed by atoms with Crippen LogP contribution >= 0.6 is 0 Å². The Kier molecular flexibility index (Phi) is 6.53. The van der Waals surface area contributed by atoms with E-state index in [1.54, 1.807) is 0 Å². The van der Waals surface area contributed by atoms with Crippen LogP contribution in [0.15, 0.2) is 0 Å². The van der Waals surface area contributed by atoms with Crippen LogP contribution in [0, 0.1) is 17.3 Å². The van der Waals surface area contributed by atoms with E-state index in [1.165, 1.54) is 32.1 Å². The lowest BCUT2D eigenvalue weighted by Gasteiger charge is -2.36. The van der Waals surface area contributed by atoms with Gasteiger partial charge in [-0.3, -0.25) is 4.79 Å². The van der Waals surface area contributed by atoms with E-state index in [2.05, 4.69) is 24.5 Å². The Morgan fingerprint density at radius 1 is 1.29 bits per heavy atom. The molecule has 1 amide bonds. The van der Waals surface area contributed by atoms with Crippen molar-refractivity contribution in [1.29, 1.82) is 0 Å². The molecule has 0 aromatic rings. The van der Waals surface area contributed by atoms with Crippen molar-refractivity contribution in [3.63, 3.8) is 0 Å². The zero-order chi connectivity index (χ0) is 15.1. The minimum Gasteiger partial charge on any atom is -0.356 e. The van der Waals surface area contributed by atoms with Gasteiger partial charge in [-0.15, -0.1) is 0 Å². The quantitative estimate of drug-likeness (QED) is 0.787. The van der Waals surface area contributed by atoms with E-state index >= 15 is 0 Å². The average molecular weight is 294 g/mol. The molecule has 2 fully saturated rings. The lowest BCUT2D eigenvalue weighted by Crippen LogP contribution is -2.50. The molecular weight excluding hydrogens is 260 g/mol. The fourth-order valence-corrected chi connectivity index (χ4v) is 4.16. The van der Waals surface area contributed by atoms with Crippen molar-refractivity contribution in [2.75, 3.05) is 19.6 Å². The van der Waals surface area contributed by atoms with Crippen LogP contribution in [0.25, 0.3) is 0 Å². The van der Waals surface area contributed by atoms with Gasteiger partial charge in [0, 0.05) is 13.1 Å². The van der Waals surface area contributed by atoms with Crippen LogP contribution in [0.1, 0.15) is 71.6 Å². The summed E-state index contributed by atoms with van der Waals surface area (Å²) in [5.74, 6) is 2.06. The van der Waals surface area contributed by atoms with Gasteiger partial charge < -0.3 is 10.6 Å². The summed E-state index contributed by atoms with van der Waals surface area (Å²) >= 11 is 0. The van der Waals surface area contributed by atoms with E-state index in [0.29, 0.717) is 5.91 Å². The van der Waals surface area contributed by atoms with Gasteiger partial charge in [0.1, 0.15) is 0 Å². The zero-order valence-electron chi connectivity index (χ0n) is 14.0. The topological polar surface area (TPSA) is 41.1 Å². The van der Waals surface area contributed by atoms with Gasteiger partial charge >= 0.3 is 0 Å². The smallest absolute Gasteiger partial charge is 0.227 e. The fourth-order valence-electron chi connectivity index (χ4n) is 4.16. The fraction of sp³-hybridized carbons (Fsp3) is 0.944. The monoisotopic (exact) mass is 294 g/mol. The maximum Gasteiger partial charge on any atom is 0.227 e. The van der Waals surface area contributed by atoms with Gasteiger partial charge in [0.2, 0.25) is 5.91 Å². The molecular formula is C18H34N2O. The van der Waals surface area contributed by atoms with Crippen LogP contribution in [-0.4, -0.2) is 25.5 Å². The van der Waals surface area contributed by atoms with Crippen molar-refractivity contribution in [2.24, 2.45) is 17.3 Å². The Hall–Kier alpha value is -0.570. The molecule has 0 aromatic heterocycles. The van der Waals surface area contributed by atoms with E-state index < -0.39 is 0 Å². The molecule has 21 heavy (non-hydrogen) atoms. The highest BCUT2D eigenvalue weighted by molar-refractivity contribution is 5.83. The average Bonchev–Trinajstić information content (AvgIpc) is 2.50. The van der Waals surface area contributed by atoms with Crippen LogP contribution in [0.5, 0.6) is 0 Å². The molecule has 0 aromatic carbocycles. The lowest BCUT2D eigenvalue weighted by atomic mass is 9.76. The molecule has 1 unspecified atom stereocenters. The van der Waals surface area contributed by atoms with E-state index in [4.69, 9.17) is 0 Å².